The Morgan fingerprint density at radius 2 is 1.96 bits per heavy atom. The largest absolute Gasteiger partial charge is 0.436 e. The number of oxazole rings is 1. The van der Waals surface area contributed by atoms with Gasteiger partial charge in [-0.25, -0.2) is 9.97 Å². The normalized spacial score (nSPS) is 11.8. The molecule has 0 amide bonds. The van der Waals surface area contributed by atoms with Gasteiger partial charge in [-0.3, -0.25) is 4.79 Å². The molecule has 3 heterocycles. The van der Waals surface area contributed by atoms with Gasteiger partial charge in [0.15, 0.2) is 5.82 Å². The van der Waals surface area contributed by atoms with E-state index in [0.29, 0.717) is 27.8 Å². The fraction of sp³-hybridized carbons (Fsp3) is 0.200. The van der Waals surface area contributed by atoms with Gasteiger partial charge in [0.2, 0.25) is 0 Å². The molecule has 0 unspecified atom stereocenters. The highest BCUT2D eigenvalue weighted by Gasteiger charge is 2.30. The third-order valence-electron chi connectivity index (χ3n) is 3.39. The van der Waals surface area contributed by atoms with E-state index >= 15 is 0 Å². The third kappa shape index (κ3) is 3.61. The minimum atomic E-state index is -4.52. The molecule has 11 heteroatoms. The Balaban J connectivity index is 1.93. The van der Waals surface area contributed by atoms with Crippen LogP contribution >= 0.6 is 23.4 Å². The van der Waals surface area contributed by atoms with E-state index < -0.39 is 17.3 Å². The maximum Gasteiger partial charge on any atom is 0.417 e. The fourth-order valence-corrected chi connectivity index (χ4v) is 2.97. The first-order valence-corrected chi connectivity index (χ1v) is 8.29. The van der Waals surface area contributed by atoms with Crippen molar-refractivity contribution in [1.82, 2.24) is 19.7 Å². The molecule has 3 rings (SSSR count). The van der Waals surface area contributed by atoms with Gasteiger partial charge in [0.1, 0.15) is 10.8 Å². The average Bonchev–Trinajstić information content (AvgIpc) is 2.89. The van der Waals surface area contributed by atoms with Crippen LogP contribution in [0, 0.1) is 13.8 Å². The molecule has 0 aliphatic heterocycles. The van der Waals surface area contributed by atoms with Gasteiger partial charge in [-0.15, -0.1) is 0 Å². The molecular weight excluding hydrogens is 393 g/mol. The standard InChI is InChI=1S/C15H10ClF3N4O2S/c1-7-8(2)25-14(22-7)26-10-6-21-23(13(24)12(10)16)11-4-3-9(5-20-11)15(17,18)19/h3-6H,1-2H3. The smallest absolute Gasteiger partial charge is 0.417 e. The van der Waals surface area contributed by atoms with Crippen LogP contribution in [0.3, 0.4) is 0 Å². The lowest BCUT2D eigenvalue weighted by atomic mass is 10.3. The van der Waals surface area contributed by atoms with Crippen molar-refractivity contribution in [2.45, 2.75) is 30.1 Å². The van der Waals surface area contributed by atoms with E-state index in [1.807, 2.05) is 0 Å². The molecule has 0 N–H and O–H groups in total. The van der Waals surface area contributed by atoms with E-state index in [-0.39, 0.29) is 10.8 Å². The Kier molecular flexibility index (Phi) is 4.80. The predicted molar refractivity (Wildman–Crippen MR) is 87.7 cm³/mol. The summed E-state index contributed by atoms with van der Waals surface area (Å²) in [6, 6.07) is 1.85. The summed E-state index contributed by atoms with van der Waals surface area (Å²) in [5.74, 6) is 0.558. The van der Waals surface area contributed by atoms with Crippen LogP contribution in [0.4, 0.5) is 13.2 Å². The van der Waals surface area contributed by atoms with Crippen LogP contribution in [0.2, 0.25) is 5.02 Å². The number of aryl methyl sites for hydroxylation is 2. The molecule has 0 fully saturated rings. The molecule has 0 spiro atoms. The first-order chi connectivity index (χ1) is 12.2. The summed E-state index contributed by atoms with van der Waals surface area (Å²) in [4.78, 5) is 20.5. The molecule has 3 aromatic rings. The van der Waals surface area contributed by atoms with E-state index in [4.69, 9.17) is 16.0 Å². The monoisotopic (exact) mass is 402 g/mol. The molecule has 0 aromatic carbocycles. The lowest BCUT2D eigenvalue weighted by Crippen LogP contribution is -2.23. The second-order valence-corrected chi connectivity index (χ2v) is 6.54. The van der Waals surface area contributed by atoms with Gasteiger partial charge in [0.05, 0.1) is 22.3 Å². The molecule has 0 aliphatic carbocycles. The van der Waals surface area contributed by atoms with Gasteiger partial charge in [-0.2, -0.15) is 23.0 Å². The summed E-state index contributed by atoms with van der Waals surface area (Å²) >= 11 is 7.10. The number of hydrogen-bond acceptors (Lipinski definition) is 6. The highest BCUT2D eigenvalue weighted by atomic mass is 35.5. The van der Waals surface area contributed by atoms with Gasteiger partial charge in [0.25, 0.3) is 10.8 Å². The second-order valence-electron chi connectivity index (χ2n) is 5.17. The molecule has 0 radical (unpaired) electrons. The minimum Gasteiger partial charge on any atom is -0.436 e. The number of rotatable bonds is 3. The number of alkyl halides is 3. The molecule has 136 valence electrons. The molecule has 0 bridgehead atoms. The van der Waals surface area contributed by atoms with Crippen molar-refractivity contribution in [2.75, 3.05) is 0 Å². The molecule has 3 aromatic heterocycles. The van der Waals surface area contributed by atoms with Gasteiger partial charge in [-0.05, 0) is 37.7 Å². The first kappa shape index (κ1) is 18.5. The van der Waals surface area contributed by atoms with Gasteiger partial charge >= 0.3 is 6.18 Å². The van der Waals surface area contributed by atoms with Crippen LogP contribution in [0.5, 0.6) is 0 Å². The Hall–Kier alpha value is -2.33. The SMILES string of the molecule is Cc1nc(Sc2cnn(-c3ccc(C(F)(F)F)cn3)c(=O)c2Cl)oc1C. The second kappa shape index (κ2) is 6.76. The Morgan fingerprint density at radius 1 is 1.23 bits per heavy atom. The molecular formula is C15H10ClF3N4O2S. The predicted octanol–water partition coefficient (Wildman–Crippen LogP) is 4.06. The Bertz CT molecular complexity index is 996. The summed E-state index contributed by atoms with van der Waals surface area (Å²) in [7, 11) is 0. The molecule has 26 heavy (non-hydrogen) atoms. The topological polar surface area (TPSA) is 73.8 Å². The number of aromatic nitrogens is 4. The quantitative estimate of drug-likeness (QED) is 0.658. The summed E-state index contributed by atoms with van der Waals surface area (Å²) in [5, 5.41) is 4.05. The zero-order valence-electron chi connectivity index (χ0n) is 13.3. The van der Waals surface area contributed by atoms with Crippen LogP contribution in [0.15, 0.2) is 43.9 Å². The number of halogens is 4. The zero-order valence-corrected chi connectivity index (χ0v) is 14.9. The van der Waals surface area contributed by atoms with Gasteiger partial charge in [-0.1, -0.05) is 11.6 Å². The van der Waals surface area contributed by atoms with Crippen LogP contribution in [-0.4, -0.2) is 19.7 Å². The lowest BCUT2D eigenvalue weighted by molar-refractivity contribution is -0.137. The van der Waals surface area contributed by atoms with Crippen LogP contribution in [-0.2, 0) is 6.18 Å². The van der Waals surface area contributed by atoms with Gasteiger partial charge < -0.3 is 4.42 Å². The van der Waals surface area contributed by atoms with E-state index in [1.165, 1.54) is 6.20 Å². The average molecular weight is 403 g/mol. The minimum absolute atomic E-state index is 0.0794. The maximum atomic E-state index is 12.6. The summed E-state index contributed by atoms with van der Waals surface area (Å²) in [6.07, 6.45) is -2.60. The third-order valence-corrected chi connectivity index (χ3v) is 4.74. The summed E-state index contributed by atoms with van der Waals surface area (Å²) in [6.45, 7) is 3.53. The molecule has 0 aliphatic rings. The van der Waals surface area contributed by atoms with Gasteiger partial charge in [0, 0.05) is 6.20 Å². The van der Waals surface area contributed by atoms with E-state index in [9.17, 15) is 18.0 Å². The Labute approximate surface area is 154 Å². The Morgan fingerprint density at radius 3 is 2.50 bits per heavy atom. The number of nitrogens with zero attached hydrogens (tertiary/aromatic N) is 4. The van der Waals surface area contributed by atoms with Crippen molar-refractivity contribution < 1.29 is 17.6 Å². The fourth-order valence-electron chi connectivity index (χ4n) is 1.91. The molecule has 0 saturated carbocycles. The first-order valence-electron chi connectivity index (χ1n) is 7.10. The zero-order chi connectivity index (χ0) is 19.1. The van der Waals surface area contributed by atoms with Crippen molar-refractivity contribution in [3.8, 4) is 5.82 Å². The van der Waals surface area contributed by atoms with Crippen molar-refractivity contribution in [3.63, 3.8) is 0 Å². The molecule has 0 saturated heterocycles. The van der Waals surface area contributed by atoms with Crippen molar-refractivity contribution >= 4 is 23.4 Å². The van der Waals surface area contributed by atoms with E-state index in [0.717, 1.165) is 28.6 Å². The molecule has 0 atom stereocenters. The van der Waals surface area contributed by atoms with E-state index in [2.05, 4.69) is 15.1 Å². The maximum absolute atomic E-state index is 12.6. The van der Waals surface area contributed by atoms with Crippen molar-refractivity contribution in [1.29, 1.82) is 0 Å². The van der Waals surface area contributed by atoms with Crippen LogP contribution < -0.4 is 5.56 Å². The van der Waals surface area contributed by atoms with Crippen molar-refractivity contribution in [3.05, 3.63) is 56.9 Å². The van der Waals surface area contributed by atoms with Crippen molar-refractivity contribution in [2.24, 2.45) is 0 Å². The lowest BCUT2D eigenvalue weighted by Gasteiger charge is -2.08. The highest BCUT2D eigenvalue weighted by Crippen LogP contribution is 2.32. The van der Waals surface area contributed by atoms with E-state index in [1.54, 1.807) is 13.8 Å². The number of pyridine rings is 1. The van der Waals surface area contributed by atoms with Crippen LogP contribution in [0.1, 0.15) is 17.0 Å². The summed E-state index contributed by atoms with van der Waals surface area (Å²) in [5.41, 5.74) is -0.940. The van der Waals surface area contributed by atoms with Crippen LogP contribution in [0.25, 0.3) is 5.82 Å². The molecule has 6 nitrogen and oxygen atoms in total. The summed E-state index contributed by atoms with van der Waals surface area (Å²) < 4.78 is 44.0. The highest BCUT2D eigenvalue weighted by molar-refractivity contribution is 7.99. The number of hydrogen-bond donors (Lipinski definition) is 0.